The fraction of sp³-hybridized carbons (Fsp3) is 0.500. The molecule has 0 saturated carbocycles. The van der Waals surface area contributed by atoms with Gasteiger partial charge in [0.25, 0.3) is 0 Å². The van der Waals surface area contributed by atoms with Crippen molar-refractivity contribution in [1.29, 1.82) is 0 Å². The van der Waals surface area contributed by atoms with E-state index in [1.807, 2.05) is 0 Å². The summed E-state index contributed by atoms with van der Waals surface area (Å²) in [4.78, 5) is 11.0. The van der Waals surface area contributed by atoms with Crippen LogP contribution in [-0.2, 0) is 10.0 Å². The Bertz CT molecular complexity index is 670. The van der Waals surface area contributed by atoms with Gasteiger partial charge in [-0.25, -0.2) is 13.2 Å². The number of benzene rings is 1. The Hall–Kier alpha value is -0.920. The monoisotopic (exact) mass is 375 g/mol. The number of aromatic carboxylic acids is 1. The van der Waals surface area contributed by atoms with Crippen molar-refractivity contribution in [1.82, 2.24) is 4.31 Å². The Morgan fingerprint density at radius 1 is 1.38 bits per heavy atom. The van der Waals surface area contributed by atoms with Gasteiger partial charge in [-0.2, -0.15) is 4.31 Å². The van der Waals surface area contributed by atoms with Crippen LogP contribution in [0.2, 0.25) is 0 Å². The number of sulfonamides is 1. The molecule has 1 N–H and O–H groups in total. The summed E-state index contributed by atoms with van der Waals surface area (Å²) in [5, 5.41) is 8.94. The van der Waals surface area contributed by atoms with E-state index >= 15 is 0 Å². The van der Waals surface area contributed by atoms with Gasteiger partial charge >= 0.3 is 5.97 Å². The average Bonchev–Trinajstić information content (AvgIpc) is 2.36. The Balaban J connectivity index is 2.38. The van der Waals surface area contributed by atoms with Gasteiger partial charge in [0.2, 0.25) is 10.0 Å². The highest BCUT2D eigenvalue weighted by atomic mass is 79.9. The molecular weight excluding hydrogens is 358 g/mol. The van der Waals surface area contributed by atoms with E-state index in [1.54, 1.807) is 0 Å². The smallest absolute Gasteiger partial charge is 0.335 e. The third-order valence-electron chi connectivity index (χ3n) is 3.66. The Morgan fingerprint density at radius 2 is 2.05 bits per heavy atom. The van der Waals surface area contributed by atoms with Gasteiger partial charge in [0, 0.05) is 17.6 Å². The summed E-state index contributed by atoms with van der Waals surface area (Å²) in [6.07, 6.45) is 1.83. The summed E-state index contributed by atoms with van der Waals surface area (Å²) < 4.78 is 27.2. The number of carbonyl (C=O) groups is 1. The standard InChI is InChI=1S/C14H18BrNO4S/c1-14(2)6-3-7-16(9-14)21(19,20)12-5-4-10(13(17)18)8-11(12)15/h4-5,8H,3,6-7,9H2,1-2H3,(H,17,18). The summed E-state index contributed by atoms with van der Waals surface area (Å²) >= 11 is 3.18. The van der Waals surface area contributed by atoms with Crippen LogP contribution in [-0.4, -0.2) is 36.9 Å². The normalized spacial score (nSPS) is 19.4. The minimum Gasteiger partial charge on any atom is -0.478 e. The van der Waals surface area contributed by atoms with E-state index in [-0.39, 0.29) is 20.3 Å². The SMILES string of the molecule is CC1(C)CCCN(S(=O)(=O)c2ccc(C(=O)O)cc2Br)C1. The predicted octanol–water partition coefficient (Wildman–Crippen LogP) is 2.96. The van der Waals surface area contributed by atoms with E-state index < -0.39 is 16.0 Å². The van der Waals surface area contributed by atoms with Crippen LogP contribution in [0.15, 0.2) is 27.6 Å². The Labute approximate surface area is 133 Å². The molecule has 116 valence electrons. The maximum absolute atomic E-state index is 12.7. The number of nitrogens with zero attached hydrogens (tertiary/aromatic N) is 1. The van der Waals surface area contributed by atoms with Crippen molar-refractivity contribution in [2.24, 2.45) is 5.41 Å². The van der Waals surface area contributed by atoms with Gasteiger partial charge in [-0.3, -0.25) is 0 Å². The Kier molecular flexibility index (Phi) is 4.46. The van der Waals surface area contributed by atoms with Gasteiger partial charge in [-0.15, -0.1) is 0 Å². The lowest BCUT2D eigenvalue weighted by Gasteiger charge is -2.37. The molecule has 0 unspecified atom stereocenters. The predicted molar refractivity (Wildman–Crippen MR) is 82.9 cm³/mol. The van der Waals surface area contributed by atoms with Crippen molar-refractivity contribution >= 4 is 31.9 Å². The van der Waals surface area contributed by atoms with Crippen LogP contribution in [0.25, 0.3) is 0 Å². The highest BCUT2D eigenvalue weighted by Crippen LogP contribution is 2.33. The van der Waals surface area contributed by atoms with Gasteiger partial charge in [0.05, 0.1) is 10.5 Å². The first-order chi connectivity index (χ1) is 9.63. The minimum atomic E-state index is -3.61. The van der Waals surface area contributed by atoms with Crippen molar-refractivity contribution in [3.05, 3.63) is 28.2 Å². The maximum atomic E-state index is 12.7. The van der Waals surface area contributed by atoms with Crippen LogP contribution in [0.4, 0.5) is 0 Å². The number of halogens is 1. The van der Waals surface area contributed by atoms with E-state index in [2.05, 4.69) is 29.8 Å². The average molecular weight is 376 g/mol. The molecule has 1 aromatic carbocycles. The summed E-state index contributed by atoms with van der Waals surface area (Å²) in [6.45, 7) is 5.08. The lowest BCUT2D eigenvalue weighted by Crippen LogP contribution is -2.43. The second-order valence-corrected chi connectivity index (χ2v) is 8.82. The number of carboxylic acid groups (broad SMARTS) is 1. The molecule has 1 aliphatic heterocycles. The number of hydrogen-bond acceptors (Lipinski definition) is 3. The van der Waals surface area contributed by atoms with E-state index in [0.29, 0.717) is 13.1 Å². The lowest BCUT2D eigenvalue weighted by molar-refractivity contribution is 0.0696. The van der Waals surface area contributed by atoms with E-state index in [4.69, 9.17) is 5.11 Å². The fourth-order valence-corrected chi connectivity index (χ4v) is 5.26. The molecule has 0 radical (unpaired) electrons. The van der Waals surface area contributed by atoms with E-state index in [0.717, 1.165) is 12.8 Å². The molecule has 5 nitrogen and oxygen atoms in total. The van der Waals surface area contributed by atoms with Gasteiger partial charge in [0.1, 0.15) is 0 Å². The third-order valence-corrected chi connectivity index (χ3v) is 6.48. The third kappa shape index (κ3) is 3.46. The molecule has 1 aliphatic rings. The summed E-state index contributed by atoms with van der Waals surface area (Å²) in [7, 11) is -3.61. The molecule has 2 rings (SSSR count). The summed E-state index contributed by atoms with van der Waals surface area (Å²) in [5.41, 5.74) is 0.0125. The molecule has 0 amide bonds. The maximum Gasteiger partial charge on any atom is 0.335 e. The first-order valence-electron chi connectivity index (χ1n) is 6.66. The van der Waals surface area contributed by atoms with Gasteiger partial charge in [-0.05, 0) is 52.4 Å². The molecule has 0 atom stereocenters. The zero-order valence-corrected chi connectivity index (χ0v) is 14.4. The summed E-state index contributed by atoms with van der Waals surface area (Å²) in [6, 6.07) is 3.99. The van der Waals surface area contributed by atoms with Crippen molar-refractivity contribution in [2.45, 2.75) is 31.6 Å². The second-order valence-electron chi connectivity index (χ2n) is 6.06. The molecular formula is C14H18BrNO4S. The molecule has 7 heteroatoms. The van der Waals surface area contributed by atoms with Crippen LogP contribution in [0, 0.1) is 5.41 Å². The van der Waals surface area contributed by atoms with Gasteiger partial charge < -0.3 is 5.11 Å². The van der Waals surface area contributed by atoms with E-state index in [9.17, 15) is 13.2 Å². The van der Waals surface area contributed by atoms with Crippen molar-refractivity contribution in [3.63, 3.8) is 0 Å². The van der Waals surface area contributed by atoms with Crippen molar-refractivity contribution in [2.75, 3.05) is 13.1 Å². The fourth-order valence-electron chi connectivity index (χ4n) is 2.56. The molecule has 1 heterocycles. The quantitative estimate of drug-likeness (QED) is 0.880. The van der Waals surface area contributed by atoms with Gasteiger partial charge in [0.15, 0.2) is 0 Å². The number of carboxylic acids is 1. The van der Waals surface area contributed by atoms with Crippen LogP contribution in [0.1, 0.15) is 37.0 Å². The Morgan fingerprint density at radius 3 is 2.57 bits per heavy atom. The zero-order chi connectivity index (χ0) is 15.8. The molecule has 0 aromatic heterocycles. The summed E-state index contributed by atoms with van der Waals surface area (Å²) in [5.74, 6) is -1.08. The van der Waals surface area contributed by atoms with Crippen LogP contribution in [0.5, 0.6) is 0 Å². The lowest BCUT2D eigenvalue weighted by atomic mass is 9.85. The molecule has 0 spiro atoms. The molecule has 0 bridgehead atoms. The largest absolute Gasteiger partial charge is 0.478 e. The molecule has 1 fully saturated rings. The topological polar surface area (TPSA) is 74.7 Å². The van der Waals surface area contributed by atoms with E-state index in [1.165, 1.54) is 22.5 Å². The first kappa shape index (κ1) is 16.5. The number of hydrogen-bond donors (Lipinski definition) is 1. The molecule has 1 saturated heterocycles. The van der Waals surface area contributed by atoms with Crippen molar-refractivity contribution in [3.8, 4) is 0 Å². The molecule has 1 aromatic rings. The molecule has 0 aliphatic carbocycles. The van der Waals surface area contributed by atoms with Crippen LogP contribution >= 0.6 is 15.9 Å². The molecule has 21 heavy (non-hydrogen) atoms. The van der Waals surface area contributed by atoms with Crippen LogP contribution < -0.4 is 0 Å². The first-order valence-corrected chi connectivity index (χ1v) is 8.90. The number of piperidine rings is 1. The minimum absolute atomic E-state index is 0.0429. The number of rotatable bonds is 3. The highest BCUT2D eigenvalue weighted by Gasteiger charge is 2.35. The second kappa shape index (κ2) is 5.70. The zero-order valence-electron chi connectivity index (χ0n) is 12.0. The highest BCUT2D eigenvalue weighted by molar-refractivity contribution is 9.10. The van der Waals surface area contributed by atoms with Crippen LogP contribution in [0.3, 0.4) is 0 Å². The van der Waals surface area contributed by atoms with Gasteiger partial charge in [-0.1, -0.05) is 13.8 Å². The van der Waals surface area contributed by atoms with Crippen molar-refractivity contribution < 1.29 is 18.3 Å².